The Labute approximate surface area is 134 Å². The molecule has 0 amide bonds. The number of ether oxygens (including phenoxy) is 1. The van der Waals surface area contributed by atoms with Crippen molar-refractivity contribution in [3.63, 3.8) is 0 Å². The van der Waals surface area contributed by atoms with Gasteiger partial charge in [-0.3, -0.25) is 4.79 Å². The zero-order valence-corrected chi connectivity index (χ0v) is 12.4. The van der Waals surface area contributed by atoms with Gasteiger partial charge in [-0.15, -0.1) is 0 Å². The maximum absolute atomic E-state index is 12.3. The fourth-order valence-corrected chi connectivity index (χ4v) is 2.18. The van der Waals surface area contributed by atoms with Crippen LogP contribution >= 0.6 is 0 Å². The van der Waals surface area contributed by atoms with Crippen molar-refractivity contribution in [2.75, 3.05) is 11.5 Å². The van der Waals surface area contributed by atoms with Gasteiger partial charge in [-0.1, -0.05) is 30.3 Å². The van der Waals surface area contributed by atoms with Crippen LogP contribution in [0.2, 0.25) is 0 Å². The van der Waals surface area contributed by atoms with Crippen LogP contribution in [0.25, 0.3) is 0 Å². The number of hydrogen-bond donors (Lipinski definition) is 2. The van der Waals surface area contributed by atoms with Gasteiger partial charge in [0, 0.05) is 17.2 Å². The van der Waals surface area contributed by atoms with Crippen LogP contribution in [-0.4, -0.2) is 5.78 Å². The molecule has 0 heterocycles. The zero-order chi connectivity index (χ0) is 16.2. The summed E-state index contributed by atoms with van der Waals surface area (Å²) in [6, 6.07) is 21.2. The highest BCUT2D eigenvalue weighted by atomic mass is 16.5. The molecule has 4 heteroatoms. The lowest BCUT2D eigenvalue weighted by molar-refractivity contribution is 0.103. The van der Waals surface area contributed by atoms with E-state index in [9.17, 15) is 4.79 Å². The first-order valence-corrected chi connectivity index (χ1v) is 7.16. The van der Waals surface area contributed by atoms with Gasteiger partial charge in [-0.05, 0) is 36.4 Å². The molecule has 0 saturated heterocycles. The molecule has 3 aromatic rings. The monoisotopic (exact) mass is 304 g/mol. The minimum atomic E-state index is -0.0196. The van der Waals surface area contributed by atoms with Gasteiger partial charge >= 0.3 is 0 Å². The van der Waals surface area contributed by atoms with Gasteiger partial charge in [0.05, 0.1) is 11.4 Å². The Hall–Kier alpha value is -3.27. The number of nitrogens with two attached hydrogens (primary N) is 2. The summed E-state index contributed by atoms with van der Waals surface area (Å²) in [6.45, 7) is 0. The third-order valence-corrected chi connectivity index (χ3v) is 3.45. The predicted octanol–water partition coefficient (Wildman–Crippen LogP) is 3.87. The second kappa shape index (κ2) is 6.23. The van der Waals surface area contributed by atoms with Crippen LogP contribution in [0.5, 0.6) is 11.5 Å². The Balaban J connectivity index is 1.77. The van der Waals surface area contributed by atoms with Crippen LogP contribution in [0.1, 0.15) is 15.9 Å². The van der Waals surface area contributed by atoms with Gasteiger partial charge in [0.15, 0.2) is 5.78 Å². The molecule has 3 aromatic carbocycles. The summed E-state index contributed by atoms with van der Waals surface area (Å²) >= 11 is 0. The van der Waals surface area contributed by atoms with E-state index in [1.807, 2.05) is 18.2 Å². The predicted molar refractivity (Wildman–Crippen MR) is 91.7 cm³/mol. The van der Waals surface area contributed by atoms with Crippen LogP contribution in [0.4, 0.5) is 11.4 Å². The van der Waals surface area contributed by atoms with E-state index in [0.29, 0.717) is 34.0 Å². The van der Waals surface area contributed by atoms with E-state index in [0.717, 1.165) is 0 Å². The van der Waals surface area contributed by atoms with Crippen molar-refractivity contribution in [2.24, 2.45) is 0 Å². The summed E-state index contributed by atoms with van der Waals surface area (Å²) in [7, 11) is 0. The maximum atomic E-state index is 12.3. The third-order valence-electron chi connectivity index (χ3n) is 3.45. The Kier molecular flexibility index (Phi) is 3.97. The van der Waals surface area contributed by atoms with Gasteiger partial charge < -0.3 is 16.2 Å². The molecule has 0 bridgehead atoms. The Bertz CT molecular complexity index is 828. The summed E-state index contributed by atoms with van der Waals surface area (Å²) in [5, 5.41) is 0. The molecule has 0 aliphatic carbocycles. The van der Waals surface area contributed by atoms with E-state index >= 15 is 0 Å². The first-order valence-electron chi connectivity index (χ1n) is 7.16. The van der Waals surface area contributed by atoms with E-state index in [-0.39, 0.29) is 5.78 Å². The van der Waals surface area contributed by atoms with Crippen LogP contribution in [0, 0.1) is 0 Å². The van der Waals surface area contributed by atoms with Gasteiger partial charge in [-0.25, -0.2) is 0 Å². The van der Waals surface area contributed by atoms with Crippen LogP contribution in [0.15, 0.2) is 72.8 Å². The topological polar surface area (TPSA) is 78.3 Å². The summed E-state index contributed by atoms with van der Waals surface area (Å²) in [5.74, 6) is 1.20. The summed E-state index contributed by atoms with van der Waals surface area (Å²) < 4.78 is 5.71. The van der Waals surface area contributed by atoms with Gasteiger partial charge in [0.2, 0.25) is 0 Å². The molecule has 4 N–H and O–H groups in total. The van der Waals surface area contributed by atoms with Crippen molar-refractivity contribution in [2.45, 2.75) is 0 Å². The maximum Gasteiger partial charge on any atom is 0.193 e. The lowest BCUT2D eigenvalue weighted by Gasteiger charge is -2.08. The molecule has 0 atom stereocenters. The quantitative estimate of drug-likeness (QED) is 0.566. The number of carbonyl (C=O) groups excluding carboxylic acids is 1. The van der Waals surface area contributed by atoms with E-state index in [1.54, 1.807) is 54.6 Å². The minimum absolute atomic E-state index is 0.0196. The average molecular weight is 304 g/mol. The van der Waals surface area contributed by atoms with E-state index in [4.69, 9.17) is 16.2 Å². The first-order chi connectivity index (χ1) is 11.1. The first kappa shape index (κ1) is 14.7. The highest BCUT2D eigenvalue weighted by Gasteiger charge is 2.08. The number of anilines is 2. The largest absolute Gasteiger partial charge is 0.457 e. The molecule has 114 valence electrons. The summed E-state index contributed by atoms with van der Waals surface area (Å²) in [5.41, 5.74) is 13.7. The summed E-state index contributed by atoms with van der Waals surface area (Å²) in [6.07, 6.45) is 0. The zero-order valence-electron chi connectivity index (χ0n) is 12.4. The standard InChI is InChI=1S/C19H16N2O2/c20-17-11-10-16(12-18(17)21)23-15-8-6-14(7-9-15)19(22)13-4-2-1-3-5-13/h1-12H,20-21H2. The molecule has 0 unspecified atom stereocenters. The van der Waals surface area contributed by atoms with Crippen LogP contribution in [-0.2, 0) is 0 Å². The number of hydrogen-bond acceptors (Lipinski definition) is 4. The highest BCUT2D eigenvalue weighted by molar-refractivity contribution is 6.08. The lowest BCUT2D eigenvalue weighted by Crippen LogP contribution is -2.00. The lowest BCUT2D eigenvalue weighted by atomic mass is 10.0. The molecule has 0 aliphatic heterocycles. The van der Waals surface area contributed by atoms with Crippen LogP contribution < -0.4 is 16.2 Å². The molecule has 4 nitrogen and oxygen atoms in total. The molecule has 3 rings (SSSR count). The molecule has 0 saturated carbocycles. The fraction of sp³-hybridized carbons (Fsp3) is 0. The number of ketones is 1. The van der Waals surface area contributed by atoms with E-state index < -0.39 is 0 Å². The Morgan fingerprint density at radius 3 is 1.96 bits per heavy atom. The smallest absolute Gasteiger partial charge is 0.193 e. The normalized spacial score (nSPS) is 10.3. The van der Waals surface area contributed by atoms with Crippen molar-refractivity contribution < 1.29 is 9.53 Å². The van der Waals surface area contributed by atoms with Crippen molar-refractivity contribution in [3.05, 3.63) is 83.9 Å². The number of carbonyl (C=O) groups is 1. The molecule has 0 fully saturated rings. The second-order valence-electron chi connectivity index (χ2n) is 5.11. The highest BCUT2D eigenvalue weighted by Crippen LogP contribution is 2.26. The van der Waals surface area contributed by atoms with Crippen molar-refractivity contribution >= 4 is 17.2 Å². The fourth-order valence-electron chi connectivity index (χ4n) is 2.18. The second-order valence-corrected chi connectivity index (χ2v) is 5.11. The average Bonchev–Trinajstić information content (AvgIpc) is 2.59. The van der Waals surface area contributed by atoms with Crippen LogP contribution in [0.3, 0.4) is 0 Å². The molecular formula is C19H16N2O2. The van der Waals surface area contributed by atoms with Crippen molar-refractivity contribution in [1.82, 2.24) is 0 Å². The molecule has 0 aliphatic rings. The van der Waals surface area contributed by atoms with Gasteiger partial charge in [0.1, 0.15) is 11.5 Å². The minimum Gasteiger partial charge on any atom is -0.457 e. The van der Waals surface area contributed by atoms with Gasteiger partial charge in [-0.2, -0.15) is 0 Å². The molecular weight excluding hydrogens is 288 g/mol. The molecule has 23 heavy (non-hydrogen) atoms. The SMILES string of the molecule is Nc1ccc(Oc2ccc(C(=O)c3ccccc3)cc2)cc1N. The number of benzene rings is 3. The van der Waals surface area contributed by atoms with E-state index in [2.05, 4.69) is 0 Å². The third kappa shape index (κ3) is 3.32. The number of nitrogen functional groups attached to an aromatic ring is 2. The molecule has 0 radical (unpaired) electrons. The Morgan fingerprint density at radius 2 is 1.30 bits per heavy atom. The number of rotatable bonds is 4. The van der Waals surface area contributed by atoms with Gasteiger partial charge in [0.25, 0.3) is 0 Å². The summed E-state index contributed by atoms with van der Waals surface area (Å²) in [4.78, 5) is 12.3. The van der Waals surface area contributed by atoms with Crippen molar-refractivity contribution in [3.8, 4) is 11.5 Å². The Morgan fingerprint density at radius 1 is 0.696 bits per heavy atom. The van der Waals surface area contributed by atoms with E-state index in [1.165, 1.54) is 0 Å². The molecule has 0 spiro atoms. The van der Waals surface area contributed by atoms with Crippen molar-refractivity contribution in [1.29, 1.82) is 0 Å². The molecule has 0 aromatic heterocycles.